The number of rotatable bonds is 4. The number of halogens is 1. The van der Waals surface area contributed by atoms with Gasteiger partial charge < -0.3 is 4.90 Å². The van der Waals surface area contributed by atoms with Gasteiger partial charge in [-0.3, -0.25) is 9.59 Å². The molecule has 0 fully saturated rings. The molecule has 122 valence electrons. The lowest BCUT2D eigenvalue weighted by Crippen LogP contribution is -2.42. The molecule has 0 spiro atoms. The van der Waals surface area contributed by atoms with Crippen LogP contribution in [0.5, 0.6) is 0 Å². The maximum Gasteiger partial charge on any atom is 0.260 e. The second kappa shape index (κ2) is 7.27. The maximum atomic E-state index is 12.8. The van der Waals surface area contributed by atoms with Crippen molar-refractivity contribution in [3.63, 3.8) is 0 Å². The minimum absolute atomic E-state index is 0.100. The fourth-order valence-corrected chi connectivity index (χ4v) is 3.17. The number of nitrogens with zero attached hydrogens (tertiary/aromatic N) is 2. The number of para-hydroxylation sites is 1. The first-order valence-electron chi connectivity index (χ1n) is 7.23. The van der Waals surface area contributed by atoms with Crippen LogP contribution in [0, 0.1) is 5.82 Å². The van der Waals surface area contributed by atoms with Gasteiger partial charge in [-0.05, 0) is 29.8 Å². The van der Waals surface area contributed by atoms with E-state index in [1.807, 2.05) is 24.3 Å². The lowest BCUT2D eigenvalue weighted by molar-refractivity contribution is -0.122. The molecule has 0 atom stereocenters. The van der Waals surface area contributed by atoms with Gasteiger partial charge in [-0.25, -0.2) is 9.82 Å². The summed E-state index contributed by atoms with van der Waals surface area (Å²) in [5.41, 5.74) is 3.77. The third-order valence-electron chi connectivity index (χ3n) is 3.38. The predicted octanol–water partition coefficient (Wildman–Crippen LogP) is 2.41. The number of fused-ring (bicyclic) bond motifs is 1. The Labute approximate surface area is 142 Å². The molecule has 1 N–H and O–H groups in total. The number of carbonyl (C=O) groups is 2. The Morgan fingerprint density at radius 3 is 2.79 bits per heavy atom. The predicted molar refractivity (Wildman–Crippen MR) is 91.7 cm³/mol. The maximum absolute atomic E-state index is 12.8. The summed E-state index contributed by atoms with van der Waals surface area (Å²) in [6, 6.07) is 13.2. The summed E-state index contributed by atoms with van der Waals surface area (Å²) in [6.07, 6.45) is 1.42. The molecular formula is C17H14FN3O2S. The van der Waals surface area contributed by atoms with Gasteiger partial charge in [0.2, 0.25) is 5.91 Å². The number of carbonyl (C=O) groups excluding carboxylic acids is 2. The van der Waals surface area contributed by atoms with E-state index in [2.05, 4.69) is 10.5 Å². The van der Waals surface area contributed by atoms with Gasteiger partial charge in [-0.2, -0.15) is 5.10 Å². The highest BCUT2D eigenvalue weighted by Crippen LogP contribution is 2.34. The summed E-state index contributed by atoms with van der Waals surface area (Å²) >= 11 is 1.46. The first-order valence-corrected chi connectivity index (χ1v) is 8.22. The summed E-state index contributed by atoms with van der Waals surface area (Å²) in [7, 11) is 0. The highest BCUT2D eigenvalue weighted by molar-refractivity contribution is 8.00. The molecule has 7 heteroatoms. The van der Waals surface area contributed by atoms with E-state index in [0.717, 1.165) is 10.6 Å². The third kappa shape index (κ3) is 3.80. The van der Waals surface area contributed by atoms with Crippen LogP contribution in [-0.4, -0.2) is 30.3 Å². The molecule has 1 aliphatic rings. The van der Waals surface area contributed by atoms with E-state index in [1.165, 1.54) is 35.0 Å². The molecule has 2 aromatic rings. The molecule has 0 saturated heterocycles. The Bertz CT molecular complexity index is 793. The van der Waals surface area contributed by atoms with Crippen molar-refractivity contribution in [3.05, 3.63) is 59.9 Å². The zero-order chi connectivity index (χ0) is 16.9. The molecule has 2 aromatic carbocycles. The van der Waals surface area contributed by atoms with E-state index in [0.29, 0.717) is 11.3 Å². The van der Waals surface area contributed by atoms with Crippen LogP contribution in [0.1, 0.15) is 5.56 Å². The van der Waals surface area contributed by atoms with Crippen LogP contribution in [0.25, 0.3) is 0 Å². The van der Waals surface area contributed by atoms with Crippen molar-refractivity contribution in [2.24, 2.45) is 5.10 Å². The van der Waals surface area contributed by atoms with Crippen molar-refractivity contribution in [1.29, 1.82) is 0 Å². The van der Waals surface area contributed by atoms with Crippen molar-refractivity contribution in [2.45, 2.75) is 4.90 Å². The fraction of sp³-hybridized carbons (Fsp3) is 0.118. The van der Waals surface area contributed by atoms with E-state index < -0.39 is 5.91 Å². The van der Waals surface area contributed by atoms with E-state index in [1.54, 1.807) is 12.1 Å². The molecule has 0 radical (unpaired) electrons. The molecule has 1 aliphatic heterocycles. The molecule has 0 bridgehead atoms. The number of amides is 2. The molecular weight excluding hydrogens is 329 g/mol. The van der Waals surface area contributed by atoms with E-state index in [-0.39, 0.29) is 18.3 Å². The number of hydrogen-bond acceptors (Lipinski definition) is 4. The quantitative estimate of drug-likeness (QED) is 0.685. The van der Waals surface area contributed by atoms with Gasteiger partial charge in [0.1, 0.15) is 12.4 Å². The van der Waals surface area contributed by atoms with Gasteiger partial charge in [0.15, 0.2) is 0 Å². The van der Waals surface area contributed by atoms with Gasteiger partial charge in [-0.15, -0.1) is 11.8 Å². The zero-order valence-electron chi connectivity index (χ0n) is 12.6. The van der Waals surface area contributed by atoms with Crippen LogP contribution < -0.4 is 10.3 Å². The second-order valence-corrected chi connectivity index (χ2v) is 6.10. The van der Waals surface area contributed by atoms with Crippen LogP contribution in [0.4, 0.5) is 10.1 Å². The van der Waals surface area contributed by atoms with Gasteiger partial charge >= 0.3 is 0 Å². The van der Waals surface area contributed by atoms with Crippen LogP contribution in [0.3, 0.4) is 0 Å². The van der Waals surface area contributed by atoms with Crippen molar-refractivity contribution in [1.82, 2.24) is 5.43 Å². The number of nitrogens with one attached hydrogen (secondary N) is 1. The van der Waals surface area contributed by atoms with Crippen LogP contribution >= 0.6 is 11.8 Å². The standard InChI is InChI=1S/C17H14FN3O2S/c18-13-7-5-12(6-8-13)9-19-20-16(22)10-21-14-3-1-2-4-15(14)24-11-17(21)23/h1-9H,10-11H2,(H,20,22). The molecule has 24 heavy (non-hydrogen) atoms. The topological polar surface area (TPSA) is 61.8 Å². The molecule has 1 heterocycles. The SMILES string of the molecule is O=C(CN1C(=O)CSc2ccccc21)NN=Cc1ccc(F)cc1. The Morgan fingerprint density at radius 2 is 2.00 bits per heavy atom. The van der Waals surface area contributed by atoms with Crippen molar-refractivity contribution >= 4 is 35.5 Å². The molecule has 0 saturated carbocycles. The molecule has 3 rings (SSSR count). The molecule has 2 amide bonds. The summed E-state index contributed by atoms with van der Waals surface area (Å²) in [5, 5.41) is 3.83. The van der Waals surface area contributed by atoms with E-state index >= 15 is 0 Å². The number of benzene rings is 2. The molecule has 0 aliphatic carbocycles. The normalized spacial score (nSPS) is 13.9. The molecule has 0 aromatic heterocycles. The Morgan fingerprint density at radius 1 is 1.25 bits per heavy atom. The minimum atomic E-state index is -0.400. The lowest BCUT2D eigenvalue weighted by Gasteiger charge is -2.27. The number of thioether (sulfide) groups is 1. The highest BCUT2D eigenvalue weighted by Gasteiger charge is 2.25. The Hall–Kier alpha value is -2.67. The first kappa shape index (κ1) is 16.2. The smallest absolute Gasteiger partial charge is 0.260 e. The second-order valence-electron chi connectivity index (χ2n) is 5.08. The van der Waals surface area contributed by atoms with Crippen molar-refractivity contribution in [3.8, 4) is 0 Å². The average Bonchev–Trinajstić information content (AvgIpc) is 2.59. The number of hydrazone groups is 1. The lowest BCUT2D eigenvalue weighted by atomic mass is 10.2. The van der Waals surface area contributed by atoms with Crippen LogP contribution in [0.15, 0.2) is 58.5 Å². The van der Waals surface area contributed by atoms with Crippen LogP contribution in [0.2, 0.25) is 0 Å². The average molecular weight is 343 g/mol. The third-order valence-corrected chi connectivity index (χ3v) is 4.43. The molecule has 5 nitrogen and oxygen atoms in total. The van der Waals surface area contributed by atoms with Crippen molar-refractivity contribution in [2.75, 3.05) is 17.2 Å². The highest BCUT2D eigenvalue weighted by atomic mass is 32.2. The zero-order valence-corrected chi connectivity index (χ0v) is 13.4. The van der Waals surface area contributed by atoms with Gasteiger partial charge in [-0.1, -0.05) is 24.3 Å². The van der Waals surface area contributed by atoms with Gasteiger partial charge in [0.05, 0.1) is 17.7 Å². The summed E-state index contributed by atoms with van der Waals surface area (Å²) in [6.45, 7) is -0.100. The number of hydrogen-bond donors (Lipinski definition) is 1. The van der Waals surface area contributed by atoms with Crippen LogP contribution in [-0.2, 0) is 9.59 Å². The molecule has 0 unspecified atom stereocenters. The minimum Gasteiger partial charge on any atom is -0.301 e. The first-order chi connectivity index (χ1) is 11.6. The number of anilines is 1. The van der Waals surface area contributed by atoms with Crippen molar-refractivity contribution < 1.29 is 14.0 Å². The largest absolute Gasteiger partial charge is 0.301 e. The van der Waals surface area contributed by atoms with E-state index in [9.17, 15) is 14.0 Å². The van der Waals surface area contributed by atoms with E-state index in [4.69, 9.17) is 0 Å². The summed E-state index contributed by atoms with van der Waals surface area (Å²) < 4.78 is 12.8. The van der Waals surface area contributed by atoms with Gasteiger partial charge in [0.25, 0.3) is 5.91 Å². The summed E-state index contributed by atoms with van der Waals surface area (Å²) in [5.74, 6) is -0.542. The summed E-state index contributed by atoms with van der Waals surface area (Å²) in [4.78, 5) is 26.5. The van der Waals surface area contributed by atoms with Gasteiger partial charge in [0, 0.05) is 4.90 Å². The monoisotopic (exact) mass is 343 g/mol. The fourth-order valence-electron chi connectivity index (χ4n) is 2.23. The Balaban J connectivity index is 1.62. The Kier molecular flexibility index (Phi) is 4.90.